The summed E-state index contributed by atoms with van der Waals surface area (Å²) in [6.07, 6.45) is 0. The Kier molecular flexibility index (Phi) is 3.89. The van der Waals surface area contributed by atoms with Crippen LogP contribution >= 0.6 is 0 Å². The van der Waals surface area contributed by atoms with Crippen molar-refractivity contribution in [2.24, 2.45) is 0 Å². The van der Waals surface area contributed by atoms with E-state index in [1.165, 1.54) is 6.92 Å². The summed E-state index contributed by atoms with van der Waals surface area (Å²) in [5.41, 5.74) is -0.353. The molecule has 2 amide bonds. The molecule has 70 valence electrons. The van der Waals surface area contributed by atoms with Gasteiger partial charge < -0.3 is 4.74 Å². The first-order valence-corrected chi connectivity index (χ1v) is 3.75. The van der Waals surface area contributed by atoms with Gasteiger partial charge in [-0.05, 0) is 20.8 Å². The van der Waals surface area contributed by atoms with E-state index >= 15 is 0 Å². The monoisotopic (exact) mass is 173 g/mol. The molecule has 0 spiro atoms. The average molecular weight is 173 g/mol. The van der Waals surface area contributed by atoms with Crippen molar-refractivity contribution in [3.63, 3.8) is 0 Å². The predicted octanol–water partition coefficient (Wildman–Crippen LogP) is 0.464. The molecule has 0 saturated heterocycles. The molecule has 4 heteroatoms. The molecular formula is C8H15NO3. The van der Waals surface area contributed by atoms with Crippen LogP contribution in [-0.4, -0.2) is 24.0 Å². The second-order valence-corrected chi connectivity index (χ2v) is 3.51. The van der Waals surface area contributed by atoms with Crippen LogP contribution in [0.3, 0.4) is 0 Å². The summed E-state index contributed by atoms with van der Waals surface area (Å²) in [5.74, 6) is -0.769. The number of ether oxygens (including phenoxy) is 1. The number of rotatable bonds is 2. The van der Waals surface area contributed by atoms with Crippen LogP contribution in [0.25, 0.3) is 0 Å². The van der Waals surface area contributed by atoms with E-state index in [4.69, 9.17) is 4.74 Å². The Morgan fingerprint density at radius 3 is 2.17 bits per heavy atom. The molecular weight excluding hydrogens is 158 g/mol. The van der Waals surface area contributed by atoms with Gasteiger partial charge in [-0.25, -0.2) is 0 Å². The topological polar surface area (TPSA) is 55.4 Å². The van der Waals surface area contributed by atoms with Crippen molar-refractivity contribution in [3.05, 3.63) is 0 Å². The predicted molar refractivity (Wildman–Crippen MR) is 44.5 cm³/mol. The van der Waals surface area contributed by atoms with E-state index in [0.717, 1.165) is 0 Å². The van der Waals surface area contributed by atoms with E-state index < -0.39 is 5.91 Å². The fraction of sp³-hybridized carbons (Fsp3) is 0.750. The number of nitrogens with one attached hydrogen (secondary N) is 1. The van der Waals surface area contributed by atoms with Crippen LogP contribution in [0.4, 0.5) is 0 Å². The number of carbonyl (C=O) groups excluding carboxylic acids is 2. The highest BCUT2D eigenvalue weighted by atomic mass is 16.5. The maximum atomic E-state index is 10.8. The lowest BCUT2D eigenvalue weighted by Crippen LogP contribution is -2.34. The Morgan fingerprint density at radius 2 is 1.83 bits per heavy atom. The van der Waals surface area contributed by atoms with E-state index in [-0.39, 0.29) is 18.1 Å². The summed E-state index contributed by atoms with van der Waals surface area (Å²) in [6.45, 7) is 6.73. The third-order valence-electron chi connectivity index (χ3n) is 0.952. The minimum absolute atomic E-state index is 0.0803. The first-order valence-electron chi connectivity index (χ1n) is 3.75. The molecule has 0 bridgehead atoms. The number of carbonyl (C=O) groups is 2. The van der Waals surface area contributed by atoms with Crippen molar-refractivity contribution in [2.75, 3.05) is 6.61 Å². The van der Waals surface area contributed by atoms with Gasteiger partial charge in [0.25, 0.3) is 5.91 Å². The molecule has 0 aliphatic carbocycles. The molecule has 0 saturated carbocycles. The first kappa shape index (κ1) is 11.1. The Balaban J connectivity index is 3.65. The third-order valence-corrected chi connectivity index (χ3v) is 0.952. The lowest BCUT2D eigenvalue weighted by molar-refractivity contribution is -0.135. The molecule has 0 rings (SSSR count). The van der Waals surface area contributed by atoms with Crippen LogP contribution in [-0.2, 0) is 14.3 Å². The fourth-order valence-corrected chi connectivity index (χ4v) is 0.514. The second kappa shape index (κ2) is 4.21. The molecule has 4 nitrogen and oxygen atoms in total. The zero-order valence-corrected chi connectivity index (χ0v) is 7.93. The van der Waals surface area contributed by atoms with E-state index in [1.54, 1.807) is 0 Å². The van der Waals surface area contributed by atoms with Gasteiger partial charge in [-0.15, -0.1) is 0 Å². The number of hydrogen-bond donors (Lipinski definition) is 1. The van der Waals surface area contributed by atoms with Gasteiger partial charge in [0.1, 0.15) is 6.61 Å². The SMILES string of the molecule is CC(=O)NC(=O)COC(C)(C)C. The molecule has 0 aliphatic heterocycles. The number of imide groups is 1. The quantitative estimate of drug-likeness (QED) is 0.660. The maximum Gasteiger partial charge on any atom is 0.252 e. The van der Waals surface area contributed by atoms with Crippen LogP contribution in [0.1, 0.15) is 27.7 Å². The van der Waals surface area contributed by atoms with Gasteiger partial charge in [0.2, 0.25) is 5.91 Å². The second-order valence-electron chi connectivity index (χ2n) is 3.51. The Bertz CT molecular complexity index is 181. The normalized spacial score (nSPS) is 11.0. The van der Waals surface area contributed by atoms with Crippen LogP contribution in [0.15, 0.2) is 0 Å². The Labute approximate surface area is 72.3 Å². The smallest absolute Gasteiger partial charge is 0.252 e. The van der Waals surface area contributed by atoms with E-state index in [0.29, 0.717) is 0 Å². The van der Waals surface area contributed by atoms with Crippen LogP contribution in [0, 0.1) is 0 Å². The van der Waals surface area contributed by atoms with Crippen molar-refractivity contribution in [1.82, 2.24) is 5.32 Å². The van der Waals surface area contributed by atoms with E-state index in [1.807, 2.05) is 20.8 Å². The summed E-state index contributed by atoms with van der Waals surface area (Å²) in [6, 6.07) is 0. The van der Waals surface area contributed by atoms with E-state index in [9.17, 15) is 9.59 Å². The summed E-state index contributed by atoms with van der Waals surface area (Å²) >= 11 is 0. The van der Waals surface area contributed by atoms with Gasteiger partial charge in [0, 0.05) is 6.92 Å². The molecule has 0 aromatic rings. The van der Waals surface area contributed by atoms with Crippen LogP contribution in [0.5, 0.6) is 0 Å². The van der Waals surface area contributed by atoms with E-state index in [2.05, 4.69) is 5.32 Å². The molecule has 0 aliphatic rings. The zero-order chi connectivity index (χ0) is 9.78. The maximum absolute atomic E-state index is 10.8. The molecule has 0 atom stereocenters. The molecule has 1 N–H and O–H groups in total. The average Bonchev–Trinajstić information content (AvgIpc) is 1.80. The number of amides is 2. The van der Waals surface area contributed by atoms with Crippen molar-refractivity contribution < 1.29 is 14.3 Å². The molecule has 0 fully saturated rings. The first-order chi connectivity index (χ1) is 5.31. The third kappa shape index (κ3) is 7.21. The molecule has 0 radical (unpaired) electrons. The van der Waals surface area contributed by atoms with Crippen molar-refractivity contribution in [2.45, 2.75) is 33.3 Å². The van der Waals surface area contributed by atoms with Gasteiger partial charge in [-0.1, -0.05) is 0 Å². The van der Waals surface area contributed by atoms with Gasteiger partial charge in [-0.2, -0.15) is 0 Å². The fourth-order valence-electron chi connectivity index (χ4n) is 0.514. The van der Waals surface area contributed by atoms with Crippen LogP contribution < -0.4 is 5.32 Å². The molecule has 0 aromatic heterocycles. The molecule has 0 unspecified atom stereocenters. The largest absolute Gasteiger partial charge is 0.366 e. The molecule has 12 heavy (non-hydrogen) atoms. The lowest BCUT2D eigenvalue weighted by Gasteiger charge is -2.18. The number of hydrogen-bond acceptors (Lipinski definition) is 3. The van der Waals surface area contributed by atoms with Gasteiger partial charge in [-0.3, -0.25) is 14.9 Å². The highest BCUT2D eigenvalue weighted by Gasteiger charge is 2.12. The Hall–Kier alpha value is -0.900. The molecule has 0 heterocycles. The van der Waals surface area contributed by atoms with Crippen molar-refractivity contribution >= 4 is 11.8 Å². The summed E-state index contributed by atoms with van der Waals surface area (Å²) in [5, 5.41) is 2.11. The standard InChI is InChI=1S/C8H15NO3/c1-6(10)9-7(11)5-12-8(2,3)4/h5H2,1-4H3,(H,9,10,11). The summed E-state index contributed by atoms with van der Waals surface area (Å²) in [7, 11) is 0. The summed E-state index contributed by atoms with van der Waals surface area (Å²) < 4.78 is 5.13. The molecule has 0 aromatic carbocycles. The van der Waals surface area contributed by atoms with Gasteiger partial charge in [0.05, 0.1) is 5.60 Å². The highest BCUT2D eigenvalue weighted by Crippen LogP contribution is 2.05. The van der Waals surface area contributed by atoms with Crippen molar-refractivity contribution in [1.29, 1.82) is 0 Å². The zero-order valence-electron chi connectivity index (χ0n) is 7.93. The Morgan fingerprint density at radius 1 is 1.33 bits per heavy atom. The highest BCUT2D eigenvalue weighted by molar-refractivity contribution is 5.94. The van der Waals surface area contributed by atoms with Gasteiger partial charge in [0.15, 0.2) is 0 Å². The van der Waals surface area contributed by atoms with Crippen LogP contribution in [0.2, 0.25) is 0 Å². The lowest BCUT2D eigenvalue weighted by atomic mass is 10.2. The minimum atomic E-state index is -0.405. The van der Waals surface area contributed by atoms with Gasteiger partial charge >= 0.3 is 0 Å². The summed E-state index contributed by atoms with van der Waals surface area (Å²) in [4.78, 5) is 21.2. The minimum Gasteiger partial charge on any atom is -0.366 e. The van der Waals surface area contributed by atoms with Crippen molar-refractivity contribution in [3.8, 4) is 0 Å².